The number of benzene rings is 1. The first-order valence-corrected chi connectivity index (χ1v) is 7.35. The van der Waals surface area contributed by atoms with Gasteiger partial charge in [0.05, 0.1) is 8.80 Å². The van der Waals surface area contributed by atoms with Gasteiger partial charge in [0.25, 0.3) is 0 Å². The molecule has 1 unspecified atom stereocenters. The van der Waals surface area contributed by atoms with E-state index in [2.05, 4.69) is 50.4 Å². The summed E-state index contributed by atoms with van der Waals surface area (Å²) in [4.78, 5) is 0. The molecule has 0 aromatic heterocycles. The molecule has 1 aromatic carbocycles. The van der Waals surface area contributed by atoms with Crippen molar-refractivity contribution in [3.05, 3.63) is 41.0 Å². The zero-order valence-corrected chi connectivity index (χ0v) is 12.5. The SMILES string of the molecule is Cc1ccc2c(c1)C([Si](C)C)C=C2.[H-].[Na+]. The van der Waals surface area contributed by atoms with Crippen LogP contribution in [0.1, 0.15) is 23.7 Å². The van der Waals surface area contributed by atoms with E-state index in [0.717, 1.165) is 5.54 Å². The summed E-state index contributed by atoms with van der Waals surface area (Å²) in [5, 5.41) is 0. The Labute approximate surface area is 112 Å². The van der Waals surface area contributed by atoms with Crippen LogP contribution < -0.4 is 29.6 Å². The summed E-state index contributed by atoms with van der Waals surface area (Å²) in [7, 11) is -0.227. The zero-order chi connectivity index (χ0) is 9.42. The largest absolute Gasteiger partial charge is 1.00 e. The molecule has 0 aliphatic heterocycles. The third-order valence-electron chi connectivity index (χ3n) is 2.67. The number of hydrogen-bond donors (Lipinski definition) is 0. The summed E-state index contributed by atoms with van der Waals surface area (Å²) >= 11 is 0. The van der Waals surface area contributed by atoms with Crippen LogP contribution in [0.3, 0.4) is 0 Å². The van der Waals surface area contributed by atoms with Crippen molar-refractivity contribution in [3.8, 4) is 0 Å². The topological polar surface area (TPSA) is 0 Å². The van der Waals surface area contributed by atoms with Crippen LogP contribution in [-0.4, -0.2) is 8.80 Å². The Morgan fingerprint density at radius 3 is 2.64 bits per heavy atom. The molecular weight excluding hydrogens is 195 g/mol. The van der Waals surface area contributed by atoms with Crippen LogP contribution in [0.15, 0.2) is 24.3 Å². The molecule has 1 aromatic rings. The first-order chi connectivity index (χ1) is 6.18. The second kappa shape index (κ2) is 4.80. The molecule has 0 saturated carbocycles. The van der Waals surface area contributed by atoms with E-state index >= 15 is 0 Å². The monoisotopic (exact) mass is 211 g/mol. The first kappa shape index (κ1) is 12.2. The van der Waals surface area contributed by atoms with Crippen molar-refractivity contribution in [2.24, 2.45) is 0 Å². The van der Waals surface area contributed by atoms with E-state index in [1.54, 1.807) is 5.56 Å². The predicted octanol–water partition coefficient (Wildman–Crippen LogP) is 0.516. The normalized spacial score (nSPS) is 18.1. The molecule has 14 heavy (non-hydrogen) atoms. The van der Waals surface area contributed by atoms with E-state index in [4.69, 9.17) is 0 Å². The van der Waals surface area contributed by atoms with Crippen molar-refractivity contribution in [3.63, 3.8) is 0 Å². The molecule has 1 aliphatic rings. The van der Waals surface area contributed by atoms with E-state index in [1.807, 2.05) is 0 Å². The van der Waals surface area contributed by atoms with Gasteiger partial charge in [-0.15, -0.1) is 0 Å². The van der Waals surface area contributed by atoms with Crippen LogP contribution >= 0.6 is 0 Å². The minimum absolute atomic E-state index is 0. The van der Waals surface area contributed by atoms with Gasteiger partial charge in [0, 0.05) is 0 Å². The van der Waals surface area contributed by atoms with E-state index in [0.29, 0.717) is 0 Å². The molecule has 69 valence electrons. The molecule has 0 amide bonds. The number of hydrogen-bond acceptors (Lipinski definition) is 0. The molecule has 0 bridgehead atoms. The van der Waals surface area contributed by atoms with E-state index < -0.39 is 0 Å². The molecule has 2 rings (SSSR count). The average Bonchev–Trinajstić information content (AvgIpc) is 2.46. The van der Waals surface area contributed by atoms with Crippen LogP contribution in [0.5, 0.6) is 0 Å². The molecular formula is C12H16NaSi. The van der Waals surface area contributed by atoms with Gasteiger partial charge in [0.2, 0.25) is 0 Å². The third-order valence-corrected chi connectivity index (χ3v) is 4.42. The molecule has 1 radical (unpaired) electrons. The van der Waals surface area contributed by atoms with Crippen LogP contribution in [0.2, 0.25) is 13.1 Å². The van der Waals surface area contributed by atoms with E-state index in [1.165, 1.54) is 11.1 Å². The number of allylic oxidation sites excluding steroid dienone is 1. The molecule has 0 fully saturated rings. The minimum Gasteiger partial charge on any atom is -1.00 e. The molecule has 2 heteroatoms. The van der Waals surface area contributed by atoms with Crippen molar-refractivity contribution in [1.29, 1.82) is 0 Å². The molecule has 0 nitrogen and oxygen atoms in total. The van der Waals surface area contributed by atoms with Gasteiger partial charge in [-0.25, -0.2) is 0 Å². The second-order valence-electron chi connectivity index (χ2n) is 4.05. The first-order valence-electron chi connectivity index (χ1n) is 4.77. The van der Waals surface area contributed by atoms with Gasteiger partial charge in [-0.05, 0) is 23.6 Å². The van der Waals surface area contributed by atoms with Crippen LogP contribution in [-0.2, 0) is 0 Å². The minimum atomic E-state index is -0.227. The van der Waals surface area contributed by atoms with E-state index in [9.17, 15) is 0 Å². The van der Waals surface area contributed by atoms with Gasteiger partial charge < -0.3 is 1.43 Å². The third kappa shape index (κ3) is 2.22. The summed E-state index contributed by atoms with van der Waals surface area (Å²) in [6, 6.07) is 6.78. The Balaban J connectivity index is 0.000000980. The number of aryl methyl sites for hydroxylation is 1. The average molecular weight is 211 g/mol. The maximum atomic E-state index is 2.39. The maximum absolute atomic E-state index is 2.39. The maximum Gasteiger partial charge on any atom is 1.00 e. The van der Waals surface area contributed by atoms with Crippen molar-refractivity contribution >= 4 is 14.9 Å². The Morgan fingerprint density at radius 1 is 1.29 bits per heavy atom. The van der Waals surface area contributed by atoms with Gasteiger partial charge in [-0.2, -0.15) is 0 Å². The van der Waals surface area contributed by atoms with Crippen molar-refractivity contribution in [2.75, 3.05) is 0 Å². The van der Waals surface area contributed by atoms with Crippen molar-refractivity contribution in [2.45, 2.75) is 25.6 Å². The fraction of sp³-hybridized carbons (Fsp3) is 0.333. The summed E-state index contributed by atoms with van der Waals surface area (Å²) in [5.41, 5.74) is 5.11. The summed E-state index contributed by atoms with van der Waals surface area (Å²) < 4.78 is 0. The second-order valence-corrected chi connectivity index (χ2v) is 6.82. The predicted molar refractivity (Wildman–Crippen MR) is 61.5 cm³/mol. The molecule has 0 N–H and O–H groups in total. The summed E-state index contributed by atoms with van der Waals surface area (Å²) in [6.07, 6.45) is 4.65. The number of fused-ring (bicyclic) bond motifs is 1. The fourth-order valence-electron chi connectivity index (χ4n) is 1.92. The Morgan fingerprint density at radius 2 is 2.00 bits per heavy atom. The molecule has 0 heterocycles. The molecule has 1 aliphatic carbocycles. The summed E-state index contributed by atoms with van der Waals surface area (Å²) in [5.74, 6) is 0. The van der Waals surface area contributed by atoms with Crippen LogP contribution in [0.4, 0.5) is 0 Å². The molecule has 1 atom stereocenters. The smallest absolute Gasteiger partial charge is 1.00 e. The Kier molecular flexibility index (Phi) is 4.20. The number of rotatable bonds is 1. The molecule has 0 spiro atoms. The Hall–Kier alpha value is 0.177. The summed E-state index contributed by atoms with van der Waals surface area (Å²) in [6.45, 7) is 6.95. The van der Waals surface area contributed by atoms with Crippen LogP contribution in [0, 0.1) is 6.92 Å². The zero-order valence-electron chi connectivity index (χ0n) is 10.5. The fourth-order valence-corrected chi connectivity index (χ4v) is 3.28. The quantitative estimate of drug-likeness (QED) is 0.594. The Bertz CT molecular complexity index is 361. The van der Waals surface area contributed by atoms with Gasteiger partial charge in [0.15, 0.2) is 0 Å². The van der Waals surface area contributed by atoms with Gasteiger partial charge in [-0.3, -0.25) is 0 Å². The van der Waals surface area contributed by atoms with Gasteiger partial charge in [-0.1, -0.05) is 49.0 Å². The van der Waals surface area contributed by atoms with Gasteiger partial charge >= 0.3 is 29.6 Å². The van der Waals surface area contributed by atoms with E-state index in [-0.39, 0.29) is 39.8 Å². The van der Waals surface area contributed by atoms with Gasteiger partial charge in [0.1, 0.15) is 0 Å². The van der Waals surface area contributed by atoms with Crippen molar-refractivity contribution in [1.82, 2.24) is 0 Å². The van der Waals surface area contributed by atoms with Crippen LogP contribution in [0.25, 0.3) is 6.08 Å². The molecule has 0 saturated heterocycles. The standard InChI is InChI=1S/C12H15Si.Na.H/c1-9-4-5-10-6-7-12(13(2)3)11(10)8-9;;/h4-8,12H,1-3H3;;/q;+1;-1. The van der Waals surface area contributed by atoms with Crippen molar-refractivity contribution < 1.29 is 31.0 Å².